The molecule has 0 atom stereocenters. The maximum absolute atomic E-state index is 12.4. The minimum atomic E-state index is -4.02. The van der Waals surface area contributed by atoms with Crippen molar-refractivity contribution in [3.05, 3.63) is 53.1 Å². The lowest BCUT2D eigenvalue weighted by Gasteiger charge is -2.11. The molecule has 3 rings (SSSR count). The second kappa shape index (κ2) is 6.52. The maximum Gasteiger partial charge on any atom is 0.339 e. The fourth-order valence-corrected chi connectivity index (χ4v) is 3.38. The number of methoxy groups -OCH3 is 1. The Morgan fingerprint density at radius 2 is 1.96 bits per heavy atom. The fourth-order valence-electron chi connectivity index (χ4n) is 2.31. The van der Waals surface area contributed by atoms with Gasteiger partial charge in [-0.1, -0.05) is 13.5 Å². The molecule has 0 unspecified atom stereocenters. The van der Waals surface area contributed by atoms with Crippen molar-refractivity contribution in [1.82, 2.24) is 0 Å². The van der Waals surface area contributed by atoms with E-state index in [1.54, 1.807) is 19.1 Å². The van der Waals surface area contributed by atoms with Gasteiger partial charge in [0.1, 0.15) is 23.0 Å². The minimum Gasteiger partial charge on any atom is -0.489 e. The first kappa shape index (κ1) is 17.8. The summed E-state index contributed by atoms with van der Waals surface area (Å²) in [5.74, 6) is 0.0191. The van der Waals surface area contributed by atoms with E-state index in [4.69, 9.17) is 8.92 Å². The van der Waals surface area contributed by atoms with Crippen molar-refractivity contribution in [1.29, 1.82) is 0 Å². The minimum absolute atomic E-state index is 0. The van der Waals surface area contributed by atoms with E-state index in [9.17, 15) is 13.2 Å². The highest BCUT2D eigenvalue weighted by Gasteiger charge is 2.23. The zero-order valence-corrected chi connectivity index (χ0v) is 13.3. The molecule has 0 saturated heterocycles. The predicted molar refractivity (Wildman–Crippen MR) is 87.8 cm³/mol. The van der Waals surface area contributed by atoms with Crippen molar-refractivity contribution >= 4 is 16.1 Å². The number of hydrogen-bond donors (Lipinski definition) is 0. The van der Waals surface area contributed by atoms with Crippen molar-refractivity contribution in [3.63, 3.8) is 0 Å². The molecule has 0 amide bonds. The van der Waals surface area contributed by atoms with Crippen LogP contribution in [0.4, 0.5) is 0 Å². The first-order chi connectivity index (χ1) is 10.9. The van der Waals surface area contributed by atoms with Crippen LogP contribution >= 0.6 is 0 Å². The van der Waals surface area contributed by atoms with Crippen LogP contribution in [0.25, 0.3) is 0 Å². The molecule has 2 bridgehead atoms. The predicted octanol–water partition coefficient (Wildman–Crippen LogP) is 3.08. The molecule has 0 aliphatic carbocycles. The van der Waals surface area contributed by atoms with Crippen LogP contribution in [0.5, 0.6) is 11.5 Å². The van der Waals surface area contributed by atoms with E-state index in [2.05, 4.69) is 4.74 Å². The lowest BCUT2D eigenvalue weighted by molar-refractivity contribution is 0.0599. The third-order valence-electron chi connectivity index (χ3n) is 3.52. The summed E-state index contributed by atoms with van der Waals surface area (Å²) in [4.78, 5) is 11.7. The van der Waals surface area contributed by atoms with Crippen LogP contribution < -0.4 is 8.92 Å². The number of ether oxygens (including phenoxy) is 2. The largest absolute Gasteiger partial charge is 0.489 e. The Morgan fingerprint density at radius 1 is 1.21 bits per heavy atom. The molecule has 0 aromatic heterocycles. The Balaban J connectivity index is 0.00000208. The summed E-state index contributed by atoms with van der Waals surface area (Å²) < 4.78 is 40.0. The van der Waals surface area contributed by atoms with Crippen LogP contribution in [-0.4, -0.2) is 21.5 Å². The molecular formula is C17H18O6S. The monoisotopic (exact) mass is 350 g/mol. The van der Waals surface area contributed by atoms with Crippen LogP contribution in [0.3, 0.4) is 0 Å². The Hall–Kier alpha value is -2.54. The van der Waals surface area contributed by atoms with Gasteiger partial charge >= 0.3 is 16.1 Å². The topological polar surface area (TPSA) is 78.9 Å². The van der Waals surface area contributed by atoms with E-state index in [0.717, 1.165) is 5.56 Å². The molecule has 1 aliphatic rings. The Morgan fingerprint density at radius 3 is 2.62 bits per heavy atom. The summed E-state index contributed by atoms with van der Waals surface area (Å²) in [6.45, 7) is 1.95. The number of esters is 1. The molecule has 0 radical (unpaired) electrons. The number of hydrogen-bond acceptors (Lipinski definition) is 6. The SMILES string of the molecule is C.COC(=O)c1cccc(OS(=O)(=O)c2cc3cc(c2)OC3)c1C. The average Bonchev–Trinajstić information content (AvgIpc) is 2.86. The van der Waals surface area contributed by atoms with E-state index >= 15 is 0 Å². The van der Waals surface area contributed by atoms with Gasteiger partial charge in [-0.2, -0.15) is 8.42 Å². The van der Waals surface area contributed by atoms with Crippen LogP contribution in [0.2, 0.25) is 0 Å². The molecule has 2 aromatic carbocycles. The molecule has 128 valence electrons. The quantitative estimate of drug-likeness (QED) is 0.623. The van der Waals surface area contributed by atoms with Gasteiger partial charge in [-0.3, -0.25) is 0 Å². The van der Waals surface area contributed by atoms with E-state index in [1.165, 1.54) is 31.4 Å². The number of benzene rings is 2. The normalized spacial score (nSPS) is 12.1. The van der Waals surface area contributed by atoms with Gasteiger partial charge in [0, 0.05) is 11.6 Å². The molecule has 0 saturated carbocycles. The Bertz CT molecular complexity index is 864. The van der Waals surface area contributed by atoms with Gasteiger partial charge in [-0.25, -0.2) is 4.79 Å². The summed E-state index contributed by atoms with van der Waals surface area (Å²) in [6, 6.07) is 9.24. The number of rotatable bonds is 4. The lowest BCUT2D eigenvalue weighted by atomic mass is 10.1. The van der Waals surface area contributed by atoms with Crippen molar-refractivity contribution in [3.8, 4) is 11.5 Å². The van der Waals surface area contributed by atoms with Gasteiger partial charge in [0.05, 0.1) is 12.7 Å². The second-order valence-corrected chi connectivity index (χ2v) is 6.61. The summed E-state index contributed by atoms with van der Waals surface area (Å²) in [6.07, 6.45) is 0. The zero-order chi connectivity index (χ0) is 16.6. The standard InChI is InChI=1S/C16H14O6S.CH4/c1-10-14(16(17)20-2)4-3-5-15(10)22-23(18,19)13-7-11-6-12(8-13)21-9-11;/h3-8H,9H2,1-2H3;1H4. The van der Waals surface area contributed by atoms with Gasteiger partial charge in [-0.15, -0.1) is 0 Å². The smallest absolute Gasteiger partial charge is 0.339 e. The highest BCUT2D eigenvalue weighted by Crippen LogP contribution is 2.30. The lowest BCUT2D eigenvalue weighted by Crippen LogP contribution is -2.12. The Labute approximate surface area is 141 Å². The molecule has 7 heteroatoms. The molecule has 0 spiro atoms. The van der Waals surface area contributed by atoms with Crippen LogP contribution in [0.15, 0.2) is 41.3 Å². The number of carbonyl (C=O) groups is 1. The highest BCUT2D eigenvalue weighted by molar-refractivity contribution is 7.87. The molecular weight excluding hydrogens is 332 g/mol. The van der Waals surface area contributed by atoms with Crippen LogP contribution in [-0.2, 0) is 21.5 Å². The van der Waals surface area contributed by atoms with Crippen LogP contribution in [0.1, 0.15) is 28.9 Å². The Kier molecular flexibility index (Phi) is 4.84. The fraction of sp³-hybridized carbons (Fsp3) is 0.235. The summed E-state index contributed by atoms with van der Waals surface area (Å²) in [5.41, 5.74) is 1.41. The molecule has 24 heavy (non-hydrogen) atoms. The van der Waals surface area contributed by atoms with E-state index in [-0.39, 0.29) is 23.6 Å². The third kappa shape index (κ3) is 3.21. The third-order valence-corrected chi connectivity index (χ3v) is 4.73. The summed E-state index contributed by atoms with van der Waals surface area (Å²) in [7, 11) is -2.76. The van der Waals surface area contributed by atoms with E-state index in [0.29, 0.717) is 17.9 Å². The first-order valence-electron chi connectivity index (χ1n) is 6.80. The first-order valence-corrected chi connectivity index (χ1v) is 8.21. The van der Waals surface area contributed by atoms with Gasteiger partial charge in [-0.05, 0) is 36.8 Å². The van der Waals surface area contributed by atoms with Crippen molar-refractivity contribution < 1.29 is 26.9 Å². The van der Waals surface area contributed by atoms with Crippen LogP contribution in [0, 0.1) is 6.92 Å². The van der Waals surface area contributed by atoms with Crippen molar-refractivity contribution in [2.24, 2.45) is 0 Å². The zero-order valence-electron chi connectivity index (χ0n) is 12.5. The van der Waals surface area contributed by atoms with Gasteiger partial charge in [0.2, 0.25) is 0 Å². The number of carbonyl (C=O) groups excluding carboxylic acids is 1. The molecule has 1 aliphatic heterocycles. The number of fused-ring (bicyclic) bond motifs is 2. The molecule has 2 aromatic rings. The molecule has 0 N–H and O–H groups in total. The van der Waals surface area contributed by atoms with Crippen molar-refractivity contribution in [2.75, 3.05) is 7.11 Å². The molecule has 6 nitrogen and oxygen atoms in total. The molecule has 1 heterocycles. The van der Waals surface area contributed by atoms with E-state index in [1.807, 2.05) is 0 Å². The summed E-state index contributed by atoms with van der Waals surface area (Å²) >= 11 is 0. The van der Waals surface area contributed by atoms with Gasteiger partial charge < -0.3 is 13.7 Å². The average molecular weight is 350 g/mol. The highest BCUT2D eigenvalue weighted by atomic mass is 32.2. The second-order valence-electron chi connectivity index (χ2n) is 5.06. The van der Waals surface area contributed by atoms with Gasteiger partial charge in [0.25, 0.3) is 0 Å². The van der Waals surface area contributed by atoms with Crippen molar-refractivity contribution in [2.45, 2.75) is 25.9 Å². The van der Waals surface area contributed by atoms with E-state index < -0.39 is 16.1 Å². The maximum atomic E-state index is 12.4. The summed E-state index contributed by atoms with van der Waals surface area (Å²) in [5, 5.41) is 0. The molecule has 0 fully saturated rings. The van der Waals surface area contributed by atoms with Gasteiger partial charge in [0.15, 0.2) is 0 Å².